The van der Waals surface area contributed by atoms with E-state index in [2.05, 4.69) is 10.1 Å². The average Bonchev–Trinajstić information content (AvgIpc) is 2.96. The van der Waals surface area contributed by atoms with E-state index in [0.717, 1.165) is 15.5 Å². The van der Waals surface area contributed by atoms with Crippen LogP contribution in [0.25, 0.3) is 11.4 Å². The van der Waals surface area contributed by atoms with E-state index >= 15 is 0 Å². The first-order valence-corrected chi connectivity index (χ1v) is 7.44. The third-order valence-electron chi connectivity index (χ3n) is 2.69. The van der Waals surface area contributed by atoms with E-state index < -0.39 is 0 Å². The second-order valence-corrected chi connectivity index (χ2v) is 5.52. The van der Waals surface area contributed by atoms with E-state index in [9.17, 15) is 0 Å². The highest BCUT2D eigenvalue weighted by molar-refractivity contribution is 7.98. The Bertz CT molecular complexity index is 700. The molecule has 0 spiro atoms. The standard InChI is InChI=1S/C15H11ClN2OS/c16-12-8-4-5-9-13(12)20-10-14-17-15(18-19-14)11-6-2-1-3-7-11/h1-9H,10H2. The molecule has 3 rings (SSSR count). The number of thioether (sulfide) groups is 1. The fraction of sp³-hybridized carbons (Fsp3) is 0.0667. The van der Waals surface area contributed by atoms with Gasteiger partial charge in [-0.05, 0) is 12.1 Å². The van der Waals surface area contributed by atoms with Crippen LogP contribution in [0.5, 0.6) is 0 Å². The highest BCUT2D eigenvalue weighted by Gasteiger charge is 2.09. The van der Waals surface area contributed by atoms with Gasteiger partial charge in [0, 0.05) is 10.5 Å². The number of halogens is 1. The van der Waals surface area contributed by atoms with Crippen molar-refractivity contribution in [2.45, 2.75) is 10.6 Å². The van der Waals surface area contributed by atoms with Crippen molar-refractivity contribution in [3.05, 3.63) is 65.5 Å². The number of nitrogens with zero attached hydrogens (tertiary/aromatic N) is 2. The Labute approximate surface area is 126 Å². The molecule has 0 saturated carbocycles. The van der Waals surface area contributed by atoms with Crippen molar-refractivity contribution in [1.82, 2.24) is 10.1 Å². The van der Waals surface area contributed by atoms with Crippen LogP contribution in [0, 0.1) is 0 Å². The van der Waals surface area contributed by atoms with Gasteiger partial charge in [0.2, 0.25) is 11.7 Å². The molecule has 0 aliphatic heterocycles. The lowest BCUT2D eigenvalue weighted by Crippen LogP contribution is -1.83. The number of hydrogen-bond acceptors (Lipinski definition) is 4. The van der Waals surface area contributed by atoms with Crippen LogP contribution in [-0.4, -0.2) is 10.1 Å². The quantitative estimate of drug-likeness (QED) is 0.656. The van der Waals surface area contributed by atoms with E-state index in [0.29, 0.717) is 17.5 Å². The van der Waals surface area contributed by atoms with Gasteiger partial charge >= 0.3 is 0 Å². The van der Waals surface area contributed by atoms with E-state index in [4.69, 9.17) is 16.1 Å². The third-order valence-corrected chi connectivity index (χ3v) is 4.19. The molecule has 0 atom stereocenters. The van der Waals surface area contributed by atoms with Crippen LogP contribution in [0.4, 0.5) is 0 Å². The maximum Gasteiger partial charge on any atom is 0.237 e. The molecule has 1 heterocycles. The number of rotatable bonds is 4. The monoisotopic (exact) mass is 302 g/mol. The smallest absolute Gasteiger partial charge is 0.237 e. The Hall–Kier alpha value is -1.78. The van der Waals surface area contributed by atoms with Crippen molar-refractivity contribution in [3.63, 3.8) is 0 Å². The predicted molar refractivity (Wildman–Crippen MR) is 80.7 cm³/mol. The number of aromatic nitrogens is 2. The summed E-state index contributed by atoms with van der Waals surface area (Å²) in [5, 5.41) is 4.73. The van der Waals surface area contributed by atoms with Crippen LogP contribution in [0.1, 0.15) is 5.89 Å². The topological polar surface area (TPSA) is 38.9 Å². The zero-order chi connectivity index (χ0) is 13.8. The molecule has 0 aliphatic carbocycles. The van der Waals surface area contributed by atoms with E-state index in [1.807, 2.05) is 54.6 Å². The lowest BCUT2D eigenvalue weighted by Gasteiger charge is -2.00. The van der Waals surface area contributed by atoms with Gasteiger partial charge in [-0.15, -0.1) is 11.8 Å². The molecule has 0 amide bonds. The van der Waals surface area contributed by atoms with E-state index in [1.54, 1.807) is 11.8 Å². The van der Waals surface area contributed by atoms with Gasteiger partial charge in [-0.2, -0.15) is 4.98 Å². The Balaban J connectivity index is 1.71. The lowest BCUT2D eigenvalue weighted by molar-refractivity contribution is 0.391. The third kappa shape index (κ3) is 3.03. The molecule has 100 valence electrons. The fourth-order valence-electron chi connectivity index (χ4n) is 1.72. The summed E-state index contributed by atoms with van der Waals surface area (Å²) >= 11 is 7.68. The van der Waals surface area contributed by atoms with Gasteiger partial charge in [0.25, 0.3) is 0 Å². The van der Waals surface area contributed by atoms with Gasteiger partial charge in [-0.1, -0.05) is 59.2 Å². The molecular formula is C15H11ClN2OS. The summed E-state index contributed by atoms with van der Waals surface area (Å²) in [5.41, 5.74) is 0.949. The first-order chi connectivity index (χ1) is 9.83. The van der Waals surface area contributed by atoms with Gasteiger partial charge in [0.15, 0.2) is 0 Å². The first-order valence-electron chi connectivity index (χ1n) is 6.08. The summed E-state index contributed by atoms with van der Waals surface area (Å²) in [5.74, 6) is 1.80. The van der Waals surface area contributed by atoms with E-state index in [-0.39, 0.29) is 0 Å². The summed E-state index contributed by atoms with van der Waals surface area (Å²) in [6.07, 6.45) is 0. The Kier molecular flexibility index (Phi) is 4.04. The van der Waals surface area contributed by atoms with Crippen molar-refractivity contribution in [3.8, 4) is 11.4 Å². The average molecular weight is 303 g/mol. The van der Waals surface area contributed by atoms with Gasteiger partial charge < -0.3 is 4.52 Å². The largest absolute Gasteiger partial charge is 0.338 e. The fourth-order valence-corrected chi connectivity index (χ4v) is 2.80. The SMILES string of the molecule is Clc1ccccc1SCc1nc(-c2ccccc2)no1. The van der Waals surface area contributed by atoms with Crippen molar-refractivity contribution >= 4 is 23.4 Å². The van der Waals surface area contributed by atoms with E-state index in [1.165, 1.54) is 0 Å². The zero-order valence-corrected chi connectivity index (χ0v) is 12.1. The van der Waals surface area contributed by atoms with Crippen molar-refractivity contribution in [1.29, 1.82) is 0 Å². The number of benzene rings is 2. The molecule has 0 N–H and O–H groups in total. The van der Waals surface area contributed by atoms with Crippen LogP contribution in [0.2, 0.25) is 5.02 Å². The van der Waals surface area contributed by atoms with Crippen molar-refractivity contribution in [2.24, 2.45) is 0 Å². The molecule has 0 radical (unpaired) electrons. The molecule has 3 aromatic rings. The Morgan fingerprint density at radius 2 is 1.75 bits per heavy atom. The van der Waals surface area contributed by atoms with Crippen LogP contribution < -0.4 is 0 Å². The highest BCUT2D eigenvalue weighted by atomic mass is 35.5. The minimum atomic E-state index is 0.591. The molecule has 0 bridgehead atoms. The molecule has 2 aromatic carbocycles. The molecule has 0 unspecified atom stereocenters. The first kappa shape index (κ1) is 13.2. The number of hydrogen-bond donors (Lipinski definition) is 0. The second kappa shape index (κ2) is 6.11. The van der Waals surface area contributed by atoms with Crippen LogP contribution >= 0.6 is 23.4 Å². The molecule has 0 fully saturated rings. The Morgan fingerprint density at radius 3 is 2.55 bits per heavy atom. The Morgan fingerprint density at radius 1 is 1.00 bits per heavy atom. The summed E-state index contributed by atoms with van der Waals surface area (Å²) in [6.45, 7) is 0. The van der Waals surface area contributed by atoms with Crippen LogP contribution in [-0.2, 0) is 5.75 Å². The molecule has 1 aromatic heterocycles. The maximum atomic E-state index is 6.10. The van der Waals surface area contributed by atoms with Crippen molar-refractivity contribution in [2.75, 3.05) is 0 Å². The second-order valence-electron chi connectivity index (χ2n) is 4.10. The van der Waals surface area contributed by atoms with Crippen LogP contribution in [0.15, 0.2) is 64.0 Å². The van der Waals surface area contributed by atoms with Gasteiger partial charge in [0.1, 0.15) is 0 Å². The van der Waals surface area contributed by atoms with Gasteiger partial charge in [-0.25, -0.2) is 0 Å². The predicted octanol–water partition coefficient (Wildman–Crippen LogP) is 4.68. The maximum absolute atomic E-state index is 6.10. The molecule has 0 saturated heterocycles. The molecular weight excluding hydrogens is 292 g/mol. The summed E-state index contributed by atoms with van der Waals surface area (Å²) < 4.78 is 5.26. The minimum absolute atomic E-state index is 0.591. The summed E-state index contributed by atoms with van der Waals surface area (Å²) in [4.78, 5) is 5.39. The minimum Gasteiger partial charge on any atom is -0.338 e. The molecule has 0 aliphatic rings. The normalized spacial score (nSPS) is 10.7. The van der Waals surface area contributed by atoms with Gasteiger partial charge in [-0.3, -0.25) is 0 Å². The van der Waals surface area contributed by atoms with Crippen LogP contribution in [0.3, 0.4) is 0 Å². The van der Waals surface area contributed by atoms with Gasteiger partial charge in [0.05, 0.1) is 10.8 Å². The molecule has 5 heteroatoms. The lowest BCUT2D eigenvalue weighted by atomic mass is 10.2. The molecule has 3 nitrogen and oxygen atoms in total. The molecule has 20 heavy (non-hydrogen) atoms. The highest BCUT2D eigenvalue weighted by Crippen LogP contribution is 2.29. The summed E-state index contributed by atoms with van der Waals surface area (Å²) in [7, 11) is 0. The zero-order valence-electron chi connectivity index (χ0n) is 10.5. The van der Waals surface area contributed by atoms with Crippen molar-refractivity contribution < 1.29 is 4.52 Å². The summed E-state index contributed by atoms with van der Waals surface area (Å²) in [6, 6.07) is 17.5.